The number of aromatic nitrogens is 2. The molecule has 3 nitrogen and oxygen atoms in total. The lowest BCUT2D eigenvalue weighted by Gasteiger charge is -2.03. The number of nitrogens with two attached hydrogens (primary N) is 1. The molecule has 4 heteroatoms. The van der Waals surface area contributed by atoms with Crippen LogP contribution in [-0.4, -0.2) is 9.55 Å². The van der Waals surface area contributed by atoms with Gasteiger partial charge in [0.25, 0.3) is 0 Å². The molecule has 0 fully saturated rings. The zero-order valence-corrected chi connectivity index (χ0v) is 10.4. The number of hydrogen-bond acceptors (Lipinski definition) is 3. The molecule has 0 aliphatic heterocycles. The molecule has 0 aliphatic carbocycles. The van der Waals surface area contributed by atoms with E-state index in [2.05, 4.69) is 27.9 Å². The number of fused-ring (bicyclic) bond motifs is 1. The summed E-state index contributed by atoms with van der Waals surface area (Å²) in [6.45, 7) is 2.90. The number of aryl methyl sites for hydroxylation is 1. The molecule has 2 N–H and O–H groups in total. The van der Waals surface area contributed by atoms with Crippen molar-refractivity contribution in [1.82, 2.24) is 9.55 Å². The second-order valence-corrected chi connectivity index (χ2v) is 5.43. The topological polar surface area (TPSA) is 43.8 Å². The SMILES string of the molecule is Cc1ncc(Cn2ccc3cc(N)ccc32)s1. The summed E-state index contributed by atoms with van der Waals surface area (Å²) in [6, 6.07) is 8.11. The summed E-state index contributed by atoms with van der Waals surface area (Å²) in [6.07, 6.45) is 4.04. The van der Waals surface area contributed by atoms with E-state index in [0.29, 0.717) is 0 Å². The molecule has 0 saturated carbocycles. The molecule has 1 aromatic carbocycles. The first-order chi connectivity index (χ1) is 8.22. The lowest BCUT2D eigenvalue weighted by atomic mass is 10.2. The van der Waals surface area contributed by atoms with Gasteiger partial charge in [-0.15, -0.1) is 11.3 Å². The van der Waals surface area contributed by atoms with Crippen molar-refractivity contribution in [2.24, 2.45) is 0 Å². The molecule has 0 radical (unpaired) electrons. The fourth-order valence-electron chi connectivity index (χ4n) is 2.00. The molecule has 0 aliphatic rings. The Balaban J connectivity index is 2.00. The van der Waals surface area contributed by atoms with E-state index in [1.807, 2.05) is 25.3 Å². The van der Waals surface area contributed by atoms with Crippen LogP contribution in [0, 0.1) is 6.92 Å². The van der Waals surface area contributed by atoms with Crippen LogP contribution in [0.15, 0.2) is 36.7 Å². The molecule has 3 aromatic rings. The predicted octanol–water partition coefficient (Wildman–Crippen LogP) is 3.04. The monoisotopic (exact) mass is 243 g/mol. The van der Waals surface area contributed by atoms with Gasteiger partial charge in [0.05, 0.1) is 11.6 Å². The molecule has 2 heterocycles. The maximum absolute atomic E-state index is 5.77. The molecule has 0 amide bonds. The van der Waals surface area contributed by atoms with Crippen LogP contribution in [0.3, 0.4) is 0 Å². The molecule has 0 bridgehead atoms. The van der Waals surface area contributed by atoms with Crippen molar-refractivity contribution in [2.75, 3.05) is 5.73 Å². The van der Waals surface area contributed by atoms with Crippen molar-refractivity contribution < 1.29 is 0 Å². The normalized spacial score (nSPS) is 11.1. The summed E-state index contributed by atoms with van der Waals surface area (Å²) < 4.78 is 2.22. The summed E-state index contributed by atoms with van der Waals surface area (Å²) >= 11 is 1.74. The lowest BCUT2D eigenvalue weighted by molar-refractivity contribution is 0.849. The van der Waals surface area contributed by atoms with Gasteiger partial charge in [0, 0.05) is 33.9 Å². The van der Waals surface area contributed by atoms with Crippen LogP contribution in [0.4, 0.5) is 5.69 Å². The van der Waals surface area contributed by atoms with Crippen LogP contribution >= 0.6 is 11.3 Å². The van der Waals surface area contributed by atoms with E-state index >= 15 is 0 Å². The van der Waals surface area contributed by atoms with E-state index < -0.39 is 0 Å². The summed E-state index contributed by atoms with van der Waals surface area (Å²) in [7, 11) is 0. The maximum atomic E-state index is 5.77. The Bertz CT molecular complexity index is 666. The largest absolute Gasteiger partial charge is 0.399 e. The number of anilines is 1. The number of rotatable bonds is 2. The van der Waals surface area contributed by atoms with Gasteiger partial charge in [0.15, 0.2) is 0 Å². The third-order valence-corrected chi connectivity index (χ3v) is 3.69. The fourth-order valence-corrected chi connectivity index (χ4v) is 2.80. The first-order valence-corrected chi connectivity index (χ1v) is 6.30. The van der Waals surface area contributed by atoms with Crippen LogP contribution < -0.4 is 5.73 Å². The minimum absolute atomic E-state index is 0.809. The van der Waals surface area contributed by atoms with Crippen LogP contribution in [-0.2, 0) is 6.54 Å². The molecule has 17 heavy (non-hydrogen) atoms. The zero-order chi connectivity index (χ0) is 11.8. The highest BCUT2D eigenvalue weighted by molar-refractivity contribution is 7.11. The number of nitrogen functional groups attached to an aromatic ring is 1. The molecule has 86 valence electrons. The Morgan fingerprint density at radius 2 is 2.24 bits per heavy atom. The van der Waals surface area contributed by atoms with Gasteiger partial charge in [-0.25, -0.2) is 4.98 Å². The zero-order valence-electron chi connectivity index (χ0n) is 9.55. The second-order valence-electron chi connectivity index (χ2n) is 4.11. The van der Waals surface area contributed by atoms with Gasteiger partial charge in [-0.05, 0) is 31.2 Å². The Labute approximate surface area is 104 Å². The van der Waals surface area contributed by atoms with Gasteiger partial charge >= 0.3 is 0 Å². The average Bonchev–Trinajstić information content (AvgIpc) is 2.86. The third-order valence-electron chi connectivity index (χ3n) is 2.79. The quantitative estimate of drug-likeness (QED) is 0.703. The molecule has 0 saturated heterocycles. The van der Waals surface area contributed by atoms with Crippen molar-refractivity contribution in [3.8, 4) is 0 Å². The van der Waals surface area contributed by atoms with E-state index in [-0.39, 0.29) is 0 Å². The lowest BCUT2D eigenvalue weighted by Crippen LogP contribution is -1.95. The molecule has 2 aromatic heterocycles. The maximum Gasteiger partial charge on any atom is 0.0897 e. The highest BCUT2D eigenvalue weighted by Crippen LogP contribution is 2.21. The summed E-state index contributed by atoms with van der Waals surface area (Å²) in [5.41, 5.74) is 7.79. The van der Waals surface area contributed by atoms with Gasteiger partial charge in [-0.3, -0.25) is 0 Å². The van der Waals surface area contributed by atoms with Crippen LogP contribution in [0.5, 0.6) is 0 Å². The molecule has 0 spiro atoms. The first-order valence-electron chi connectivity index (χ1n) is 5.48. The first kappa shape index (κ1) is 10.4. The Kier molecular flexibility index (Phi) is 2.37. The Hall–Kier alpha value is -1.81. The van der Waals surface area contributed by atoms with Gasteiger partial charge in [0.1, 0.15) is 0 Å². The molecular formula is C13H13N3S. The average molecular weight is 243 g/mol. The highest BCUT2D eigenvalue weighted by atomic mass is 32.1. The van der Waals surface area contributed by atoms with Crippen molar-refractivity contribution in [2.45, 2.75) is 13.5 Å². The number of benzene rings is 1. The number of nitrogens with zero attached hydrogens (tertiary/aromatic N) is 2. The summed E-state index contributed by atoms with van der Waals surface area (Å²) in [5.74, 6) is 0. The van der Waals surface area contributed by atoms with Crippen molar-refractivity contribution in [1.29, 1.82) is 0 Å². The van der Waals surface area contributed by atoms with Gasteiger partial charge in [-0.1, -0.05) is 0 Å². The third kappa shape index (κ3) is 1.91. The molecule has 0 atom stereocenters. The van der Waals surface area contributed by atoms with E-state index in [9.17, 15) is 0 Å². The number of thiazole rings is 1. The van der Waals surface area contributed by atoms with E-state index in [1.54, 1.807) is 11.3 Å². The fraction of sp³-hybridized carbons (Fsp3) is 0.154. The van der Waals surface area contributed by atoms with Crippen molar-refractivity contribution >= 4 is 27.9 Å². The van der Waals surface area contributed by atoms with Crippen molar-refractivity contribution in [3.63, 3.8) is 0 Å². The standard InChI is InChI=1S/C13H13N3S/c1-9-15-7-12(17-9)8-16-5-4-10-6-11(14)2-3-13(10)16/h2-7H,8,14H2,1H3. The minimum Gasteiger partial charge on any atom is -0.399 e. The van der Waals surface area contributed by atoms with Crippen LogP contribution in [0.2, 0.25) is 0 Å². The smallest absolute Gasteiger partial charge is 0.0897 e. The Morgan fingerprint density at radius 1 is 1.35 bits per heavy atom. The summed E-state index contributed by atoms with van der Waals surface area (Å²) in [5, 5.41) is 2.30. The van der Waals surface area contributed by atoms with E-state index in [1.165, 1.54) is 15.8 Å². The van der Waals surface area contributed by atoms with Gasteiger partial charge < -0.3 is 10.3 Å². The molecule has 0 unspecified atom stereocenters. The van der Waals surface area contributed by atoms with Crippen LogP contribution in [0.1, 0.15) is 9.88 Å². The van der Waals surface area contributed by atoms with Crippen LogP contribution in [0.25, 0.3) is 10.9 Å². The second kappa shape index (κ2) is 3.89. The molecule has 3 rings (SSSR count). The van der Waals surface area contributed by atoms with Gasteiger partial charge in [-0.2, -0.15) is 0 Å². The predicted molar refractivity (Wildman–Crippen MR) is 72.3 cm³/mol. The van der Waals surface area contributed by atoms with E-state index in [4.69, 9.17) is 5.73 Å². The Morgan fingerprint density at radius 3 is 3.00 bits per heavy atom. The molecular weight excluding hydrogens is 230 g/mol. The minimum atomic E-state index is 0.809. The van der Waals surface area contributed by atoms with E-state index in [0.717, 1.165) is 17.2 Å². The number of hydrogen-bond donors (Lipinski definition) is 1. The summed E-state index contributed by atoms with van der Waals surface area (Å²) in [4.78, 5) is 5.55. The highest BCUT2D eigenvalue weighted by Gasteiger charge is 2.04. The van der Waals surface area contributed by atoms with Gasteiger partial charge in [0.2, 0.25) is 0 Å². The van der Waals surface area contributed by atoms with Crippen molar-refractivity contribution in [3.05, 3.63) is 46.5 Å².